The number of hydrogen-bond acceptors (Lipinski definition) is 3. The predicted molar refractivity (Wildman–Crippen MR) is 81.2 cm³/mol. The molecule has 4 heteroatoms. The van der Waals surface area contributed by atoms with Crippen LogP contribution in [0.4, 0.5) is 0 Å². The van der Waals surface area contributed by atoms with Crippen LogP contribution < -0.4 is 5.32 Å². The first-order chi connectivity index (χ1) is 9.70. The number of nitrogens with one attached hydrogen (secondary N) is 1. The Morgan fingerprint density at radius 2 is 1.95 bits per heavy atom. The van der Waals surface area contributed by atoms with E-state index in [9.17, 15) is 0 Å². The van der Waals surface area contributed by atoms with E-state index in [1.54, 1.807) is 7.11 Å². The second kappa shape index (κ2) is 7.22. The summed E-state index contributed by atoms with van der Waals surface area (Å²) in [5.74, 6) is 0.459. The third-order valence-electron chi connectivity index (χ3n) is 3.21. The van der Waals surface area contributed by atoms with Gasteiger partial charge in [0.15, 0.2) is 0 Å². The normalized spacial score (nSPS) is 11.2. The number of methoxy groups -OCH3 is 1. The smallest absolute Gasteiger partial charge is 0.0654 e. The van der Waals surface area contributed by atoms with Crippen LogP contribution in [0.1, 0.15) is 31.0 Å². The fraction of sp³-hybridized carbons (Fsp3) is 0.438. The van der Waals surface area contributed by atoms with Crippen molar-refractivity contribution in [3.05, 3.63) is 47.8 Å². The second-order valence-corrected chi connectivity index (χ2v) is 5.18. The zero-order valence-corrected chi connectivity index (χ0v) is 12.5. The molecule has 0 amide bonds. The summed E-state index contributed by atoms with van der Waals surface area (Å²) in [6, 6.07) is 10.5. The molecule has 0 aliphatic carbocycles. The minimum absolute atomic E-state index is 0.459. The van der Waals surface area contributed by atoms with Gasteiger partial charge in [0.05, 0.1) is 18.0 Å². The number of rotatable bonds is 7. The van der Waals surface area contributed by atoms with E-state index < -0.39 is 0 Å². The van der Waals surface area contributed by atoms with E-state index in [1.165, 1.54) is 5.56 Å². The molecule has 1 heterocycles. The van der Waals surface area contributed by atoms with Gasteiger partial charge in [-0.3, -0.25) is 0 Å². The maximum absolute atomic E-state index is 5.00. The van der Waals surface area contributed by atoms with Crippen LogP contribution >= 0.6 is 0 Å². The van der Waals surface area contributed by atoms with E-state index in [-0.39, 0.29) is 0 Å². The van der Waals surface area contributed by atoms with Gasteiger partial charge in [0.25, 0.3) is 0 Å². The Labute approximate surface area is 120 Å². The van der Waals surface area contributed by atoms with Gasteiger partial charge in [-0.25, -0.2) is 4.68 Å². The lowest BCUT2D eigenvalue weighted by Gasteiger charge is -2.06. The molecule has 0 radical (unpaired) electrons. The van der Waals surface area contributed by atoms with Crippen molar-refractivity contribution >= 4 is 0 Å². The number of nitrogens with zero attached hydrogens (tertiary/aromatic N) is 2. The molecule has 1 aromatic heterocycles. The summed E-state index contributed by atoms with van der Waals surface area (Å²) < 4.78 is 6.93. The van der Waals surface area contributed by atoms with Crippen molar-refractivity contribution in [3.8, 4) is 5.69 Å². The van der Waals surface area contributed by atoms with E-state index in [0.717, 1.165) is 31.1 Å². The first kappa shape index (κ1) is 14.8. The summed E-state index contributed by atoms with van der Waals surface area (Å²) in [5, 5.41) is 7.91. The minimum Gasteiger partial charge on any atom is -0.383 e. The minimum atomic E-state index is 0.459. The van der Waals surface area contributed by atoms with Gasteiger partial charge < -0.3 is 10.1 Å². The SMILES string of the molecule is COCCNCc1ccc(-n2ccc(C(C)C)n2)cc1. The number of benzene rings is 1. The summed E-state index contributed by atoms with van der Waals surface area (Å²) in [7, 11) is 1.71. The molecule has 4 nitrogen and oxygen atoms in total. The average Bonchev–Trinajstić information content (AvgIpc) is 2.94. The zero-order chi connectivity index (χ0) is 14.4. The van der Waals surface area contributed by atoms with Crippen molar-refractivity contribution in [1.29, 1.82) is 0 Å². The van der Waals surface area contributed by atoms with Crippen molar-refractivity contribution in [2.75, 3.05) is 20.3 Å². The highest BCUT2D eigenvalue weighted by molar-refractivity contribution is 5.34. The first-order valence-corrected chi connectivity index (χ1v) is 7.05. The first-order valence-electron chi connectivity index (χ1n) is 7.05. The molecule has 1 N–H and O–H groups in total. The highest BCUT2D eigenvalue weighted by Gasteiger charge is 2.04. The van der Waals surface area contributed by atoms with Gasteiger partial charge in [0, 0.05) is 26.4 Å². The quantitative estimate of drug-likeness (QED) is 0.788. The predicted octanol–water partition coefficient (Wildman–Crippen LogP) is 2.73. The van der Waals surface area contributed by atoms with Crippen LogP contribution in [-0.4, -0.2) is 30.0 Å². The van der Waals surface area contributed by atoms with Crippen molar-refractivity contribution in [2.45, 2.75) is 26.3 Å². The highest BCUT2D eigenvalue weighted by Crippen LogP contribution is 2.14. The maximum Gasteiger partial charge on any atom is 0.0654 e. The molecule has 2 aromatic rings. The molecule has 0 atom stereocenters. The second-order valence-electron chi connectivity index (χ2n) is 5.18. The molecule has 0 saturated carbocycles. The van der Waals surface area contributed by atoms with Gasteiger partial charge in [0.2, 0.25) is 0 Å². The number of hydrogen-bond donors (Lipinski definition) is 1. The molecule has 0 bridgehead atoms. The maximum atomic E-state index is 5.00. The lowest BCUT2D eigenvalue weighted by Crippen LogP contribution is -2.18. The fourth-order valence-corrected chi connectivity index (χ4v) is 1.96. The Hall–Kier alpha value is -1.65. The molecule has 0 saturated heterocycles. The van der Waals surface area contributed by atoms with Crippen molar-refractivity contribution < 1.29 is 4.74 Å². The molecular formula is C16H23N3O. The van der Waals surface area contributed by atoms with Gasteiger partial charge >= 0.3 is 0 Å². The van der Waals surface area contributed by atoms with E-state index in [1.807, 2.05) is 10.9 Å². The fourth-order valence-electron chi connectivity index (χ4n) is 1.96. The van der Waals surface area contributed by atoms with E-state index in [2.05, 4.69) is 54.6 Å². The highest BCUT2D eigenvalue weighted by atomic mass is 16.5. The Kier molecular flexibility index (Phi) is 5.32. The van der Waals surface area contributed by atoms with Crippen LogP contribution in [0.3, 0.4) is 0 Å². The van der Waals surface area contributed by atoms with E-state index in [4.69, 9.17) is 4.74 Å². The van der Waals surface area contributed by atoms with E-state index >= 15 is 0 Å². The molecule has 1 aromatic carbocycles. The van der Waals surface area contributed by atoms with Gasteiger partial charge in [0.1, 0.15) is 0 Å². The zero-order valence-electron chi connectivity index (χ0n) is 12.5. The van der Waals surface area contributed by atoms with Crippen LogP contribution in [0.15, 0.2) is 36.5 Å². The molecule has 0 spiro atoms. The summed E-state index contributed by atoms with van der Waals surface area (Å²) in [6.45, 7) is 6.78. The topological polar surface area (TPSA) is 39.1 Å². The molecular weight excluding hydrogens is 250 g/mol. The molecule has 0 unspecified atom stereocenters. The number of aromatic nitrogens is 2. The van der Waals surface area contributed by atoms with Crippen molar-refractivity contribution in [2.24, 2.45) is 0 Å². The van der Waals surface area contributed by atoms with Crippen molar-refractivity contribution in [1.82, 2.24) is 15.1 Å². The Balaban J connectivity index is 1.96. The number of ether oxygens (including phenoxy) is 1. The summed E-state index contributed by atoms with van der Waals surface area (Å²) >= 11 is 0. The van der Waals surface area contributed by atoms with Crippen molar-refractivity contribution in [3.63, 3.8) is 0 Å². The lowest BCUT2D eigenvalue weighted by atomic mass is 10.1. The van der Waals surface area contributed by atoms with Gasteiger partial charge in [-0.2, -0.15) is 5.10 Å². The van der Waals surface area contributed by atoms with Gasteiger partial charge in [-0.05, 0) is 29.7 Å². The summed E-state index contributed by atoms with van der Waals surface area (Å²) in [6.07, 6.45) is 2.02. The Morgan fingerprint density at radius 3 is 2.55 bits per heavy atom. The van der Waals surface area contributed by atoms with Crippen LogP contribution in [0.5, 0.6) is 0 Å². The monoisotopic (exact) mass is 273 g/mol. The van der Waals surface area contributed by atoms with Crippen LogP contribution in [0.2, 0.25) is 0 Å². The molecule has 108 valence electrons. The Bertz CT molecular complexity index is 517. The summed E-state index contributed by atoms with van der Waals surface area (Å²) in [4.78, 5) is 0. The van der Waals surface area contributed by atoms with Crippen LogP contribution in [0.25, 0.3) is 5.69 Å². The Morgan fingerprint density at radius 1 is 1.20 bits per heavy atom. The third-order valence-corrected chi connectivity index (χ3v) is 3.21. The average molecular weight is 273 g/mol. The molecule has 2 rings (SSSR count). The lowest BCUT2D eigenvalue weighted by molar-refractivity contribution is 0.199. The molecule has 0 fully saturated rings. The van der Waals surface area contributed by atoms with Gasteiger partial charge in [-0.15, -0.1) is 0 Å². The largest absolute Gasteiger partial charge is 0.383 e. The van der Waals surface area contributed by atoms with Crippen LogP contribution in [0, 0.1) is 0 Å². The van der Waals surface area contributed by atoms with Crippen LogP contribution in [-0.2, 0) is 11.3 Å². The molecule has 0 aliphatic heterocycles. The summed E-state index contributed by atoms with van der Waals surface area (Å²) in [5.41, 5.74) is 3.48. The van der Waals surface area contributed by atoms with E-state index in [0.29, 0.717) is 5.92 Å². The molecule has 20 heavy (non-hydrogen) atoms. The standard InChI is InChI=1S/C16H23N3O/c1-13(2)16-8-10-19(18-16)15-6-4-14(5-7-15)12-17-9-11-20-3/h4-8,10,13,17H,9,11-12H2,1-3H3. The van der Waals surface area contributed by atoms with Gasteiger partial charge in [-0.1, -0.05) is 26.0 Å². The third kappa shape index (κ3) is 3.92. The molecule has 0 aliphatic rings.